The molecule has 0 fully saturated rings. The molecule has 166 valence electrons. The molecule has 0 heterocycles. The Labute approximate surface area is 192 Å². The number of benzene rings is 3. The first-order valence-electron chi connectivity index (χ1n) is 9.61. The summed E-state index contributed by atoms with van der Waals surface area (Å²) in [6.07, 6.45) is 1.40. The van der Waals surface area contributed by atoms with E-state index in [4.69, 9.17) is 16.3 Å². The van der Waals surface area contributed by atoms with Gasteiger partial charge >= 0.3 is 0 Å². The van der Waals surface area contributed by atoms with Gasteiger partial charge in [-0.2, -0.15) is 5.10 Å². The Hall–Kier alpha value is -3.36. The van der Waals surface area contributed by atoms with E-state index in [-0.39, 0.29) is 4.90 Å². The molecular weight excluding hydrogens is 450 g/mol. The first-order valence-corrected chi connectivity index (χ1v) is 11.4. The van der Waals surface area contributed by atoms with Gasteiger partial charge in [-0.25, -0.2) is 13.8 Å². The third kappa shape index (κ3) is 5.66. The zero-order valence-electron chi connectivity index (χ0n) is 17.5. The fourth-order valence-electron chi connectivity index (χ4n) is 2.82. The Bertz CT molecular complexity index is 1210. The molecule has 0 aliphatic heterocycles. The van der Waals surface area contributed by atoms with Gasteiger partial charge in [0, 0.05) is 10.6 Å². The van der Waals surface area contributed by atoms with Gasteiger partial charge in [-0.1, -0.05) is 47.5 Å². The summed E-state index contributed by atoms with van der Waals surface area (Å²) in [6, 6.07) is 19.8. The van der Waals surface area contributed by atoms with E-state index in [0.717, 1.165) is 9.87 Å². The molecule has 0 spiro atoms. The number of hydrogen-bond donors (Lipinski definition) is 1. The molecule has 1 N–H and O–H groups in total. The molecule has 1 amide bonds. The number of ether oxygens (including phenoxy) is 1. The number of amides is 1. The average Bonchev–Trinajstić information content (AvgIpc) is 2.79. The maximum absolute atomic E-state index is 13.3. The average molecular weight is 472 g/mol. The minimum Gasteiger partial charge on any atom is -0.497 e. The van der Waals surface area contributed by atoms with E-state index in [9.17, 15) is 13.2 Å². The number of sulfonamides is 1. The van der Waals surface area contributed by atoms with Crippen molar-refractivity contribution in [2.24, 2.45) is 5.10 Å². The van der Waals surface area contributed by atoms with Crippen LogP contribution in [-0.2, 0) is 14.8 Å². The molecule has 7 nitrogen and oxygen atoms in total. The van der Waals surface area contributed by atoms with Crippen LogP contribution in [0.25, 0.3) is 0 Å². The van der Waals surface area contributed by atoms with Crippen LogP contribution in [0.15, 0.2) is 82.8 Å². The quantitative estimate of drug-likeness (QED) is 0.397. The SMILES string of the molecule is COc1ccc(S(=O)(=O)N(CC(=O)N/N=C\c2ccccc2Cl)c2ccc(C)cc2)cc1. The van der Waals surface area contributed by atoms with E-state index in [1.165, 1.54) is 25.5 Å². The van der Waals surface area contributed by atoms with Gasteiger partial charge in [-0.3, -0.25) is 9.10 Å². The Kier molecular flexibility index (Phi) is 7.50. The minimum absolute atomic E-state index is 0.0336. The number of halogens is 1. The number of methoxy groups -OCH3 is 1. The lowest BCUT2D eigenvalue weighted by atomic mass is 10.2. The van der Waals surface area contributed by atoms with Gasteiger partial charge in [-0.05, 0) is 49.4 Å². The number of anilines is 1. The fourth-order valence-corrected chi connectivity index (χ4v) is 4.43. The van der Waals surface area contributed by atoms with Gasteiger partial charge < -0.3 is 4.74 Å². The van der Waals surface area contributed by atoms with E-state index in [1.54, 1.807) is 60.7 Å². The van der Waals surface area contributed by atoms with Gasteiger partial charge in [0.1, 0.15) is 12.3 Å². The van der Waals surface area contributed by atoms with Crippen LogP contribution >= 0.6 is 11.6 Å². The molecule has 0 aliphatic rings. The van der Waals surface area contributed by atoms with Crippen molar-refractivity contribution in [3.05, 3.63) is 88.9 Å². The van der Waals surface area contributed by atoms with Crippen molar-refractivity contribution < 1.29 is 17.9 Å². The van der Waals surface area contributed by atoms with Crippen LogP contribution in [0.2, 0.25) is 5.02 Å². The molecule has 0 bridgehead atoms. The van der Waals surface area contributed by atoms with Crippen LogP contribution in [0.1, 0.15) is 11.1 Å². The molecule has 3 aromatic rings. The molecule has 9 heteroatoms. The summed E-state index contributed by atoms with van der Waals surface area (Å²) in [6.45, 7) is 1.43. The smallest absolute Gasteiger partial charge is 0.264 e. The highest BCUT2D eigenvalue weighted by Crippen LogP contribution is 2.25. The Morgan fingerprint density at radius 1 is 1.06 bits per heavy atom. The predicted molar refractivity (Wildman–Crippen MR) is 126 cm³/mol. The molecule has 0 unspecified atom stereocenters. The largest absolute Gasteiger partial charge is 0.497 e. The van der Waals surface area contributed by atoms with Crippen molar-refractivity contribution in [3.8, 4) is 5.75 Å². The molecule has 0 atom stereocenters. The third-order valence-electron chi connectivity index (χ3n) is 4.55. The molecule has 3 rings (SSSR count). The Morgan fingerprint density at radius 2 is 1.72 bits per heavy atom. The summed E-state index contributed by atoms with van der Waals surface area (Å²) in [4.78, 5) is 12.6. The monoisotopic (exact) mass is 471 g/mol. The number of nitrogens with zero attached hydrogens (tertiary/aromatic N) is 2. The molecule has 3 aromatic carbocycles. The second-order valence-corrected chi connectivity index (χ2v) is 9.11. The van der Waals surface area contributed by atoms with Crippen molar-refractivity contribution in [1.29, 1.82) is 0 Å². The molecule has 0 aromatic heterocycles. The third-order valence-corrected chi connectivity index (χ3v) is 6.69. The van der Waals surface area contributed by atoms with E-state index in [2.05, 4.69) is 10.5 Å². The van der Waals surface area contributed by atoms with Crippen LogP contribution in [0, 0.1) is 6.92 Å². The van der Waals surface area contributed by atoms with Gasteiger partial charge in [0.15, 0.2) is 0 Å². The maximum Gasteiger partial charge on any atom is 0.264 e. The number of carbonyl (C=O) groups excluding carboxylic acids is 1. The molecule has 32 heavy (non-hydrogen) atoms. The van der Waals surface area contributed by atoms with Crippen LogP contribution in [0.4, 0.5) is 5.69 Å². The zero-order valence-corrected chi connectivity index (χ0v) is 19.1. The maximum atomic E-state index is 13.3. The first-order chi connectivity index (χ1) is 15.3. The topological polar surface area (TPSA) is 88.1 Å². The summed E-state index contributed by atoms with van der Waals surface area (Å²) in [5.74, 6) is -0.0801. The fraction of sp³-hybridized carbons (Fsp3) is 0.130. The second-order valence-electron chi connectivity index (χ2n) is 6.84. The van der Waals surface area contributed by atoms with Crippen molar-refractivity contribution in [2.75, 3.05) is 18.0 Å². The molecule has 0 aliphatic carbocycles. The second kappa shape index (κ2) is 10.3. The summed E-state index contributed by atoms with van der Waals surface area (Å²) in [5.41, 5.74) is 4.30. The Balaban J connectivity index is 1.85. The van der Waals surface area contributed by atoms with Crippen LogP contribution in [0.5, 0.6) is 5.75 Å². The highest BCUT2D eigenvalue weighted by atomic mass is 35.5. The Morgan fingerprint density at radius 3 is 2.34 bits per heavy atom. The summed E-state index contributed by atoms with van der Waals surface area (Å²) in [5, 5.41) is 4.37. The van der Waals surface area contributed by atoms with E-state index in [0.29, 0.717) is 22.0 Å². The van der Waals surface area contributed by atoms with E-state index >= 15 is 0 Å². The van der Waals surface area contributed by atoms with Crippen molar-refractivity contribution in [2.45, 2.75) is 11.8 Å². The summed E-state index contributed by atoms with van der Waals surface area (Å²) < 4.78 is 32.8. The normalized spacial score (nSPS) is 11.3. The lowest BCUT2D eigenvalue weighted by Crippen LogP contribution is -2.39. The number of rotatable bonds is 8. The summed E-state index contributed by atoms with van der Waals surface area (Å²) in [7, 11) is -2.53. The van der Waals surface area contributed by atoms with Crippen LogP contribution < -0.4 is 14.5 Å². The molecule has 0 saturated heterocycles. The zero-order chi connectivity index (χ0) is 23.1. The van der Waals surface area contributed by atoms with Crippen molar-refractivity contribution in [3.63, 3.8) is 0 Å². The lowest BCUT2D eigenvalue weighted by molar-refractivity contribution is -0.119. The molecule has 0 saturated carbocycles. The van der Waals surface area contributed by atoms with Gasteiger partial charge in [0.2, 0.25) is 0 Å². The minimum atomic E-state index is -4.03. The molecular formula is C23H22ClN3O4S. The highest BCUT2D eigenvalue weighted by molar-refractivity contribution is 7.92. The highest BCUT2D eigenvalue weighted by Gasteiger charge is 2.27. The molecule has 0 radical (unpaired) electrons. The lowest BCUT2D eigenvalue weighted by Gasteiger charge is -2.24. The van der Waals surface area contributed by atoms with E-state index in [1.807, 2.05) is 6.92 Å². The van der Waals surface area contributed by atoms with Gasteiger partial charge in [-0.15, -0.1) is 0 Å². The number of hydrogen-bond acceptors (Lipinski definition) is 5. The summed E-state index contributed by atoms with van der Waals surface area (Å²) >= 11 is 6.07. The van der Waals surface area contributed by atoms with Gasteiger partial charge in [0.05, 0.1) is 23.9 Å². The van der Waals surface area contributed by atoms with Gasteiger partial charge in [0.25, 0.3) is 15.9 Å². The number of aryl methyl sites for hydroxylation is 1. The van der Waals surface area contributed by atoms with Crippen LogP contribution in [0.3, 0.4) is 0 Å². The van der Waals surface area contributed by atoms with E-state index < -0.39 is 22.5 Å². The number of nitrogens with one attached hydrogen (secondary N) is 1. The van der Waals surface area contributed by atoms with Crippen molar-refractivity contribution >= 4 is 39.4 Å². The van der Waals surface area contributed by atoms with Crippen LogP contribution in [-0.4, -0.2) is 34.2 Å². The first kappa shape index (κ1) is 23.3. The van der Waals surface area contributed by atoms with Crippen molar-refractivity contribution in [1.82, 2.24) is 5.43 Å². The number of carbonyl (C=O) groups is 1. The predicted octanol–water partition coefficient (Wildman–Crippen LogP) is 4.00. The number of hydrazone groups is 1. The standard InChI is InChI=1S/C23H22ClN3O4S/c1-17-7-9-19(10-8-17)27(32(29,30)21-13-11-20(31-2)12-14-21)16-23(28)26-25-15-18-5-3-4-6-22(18)24/h3-15H,16H2,1-2H3,(H,26,28)/b25-15-.